The molecule has 0 spiro atoms. The molecule has 0 saturated heterocycles. The quantitative estimate of drug-likeness (QED) is 0.750. The van der Waals surface area contributed by atoms with E-state index in [1.165, 1.54) is 0 Å². The molecule has 1 atom stereocenters. The fourth-order valence-corrected chi connectivity index (χ4v) is 1.31. The molecule has 1 aromatic rings. The molecule has 0 radical (unpaired) electrons. The van der Waals surface area contributed by atoms with Gasteiger partial charge in [-0.2, -0.15) is 0 Å². The number of hydrogen-bond donors (Lipinski definition) is 1. The first kappa shape index (κ1) is 13.0. The van der Waals surface area contributed by atoms with E-state index in [0.29, 0.717) is 0 Å². The molecule has 1 aromatic carbocycles. The molecule has 4 nitrogen and oxygen atoms in total. The van der Waals surface area contributed by atoms with Crippen LogP contribution in [0.3, 0.4) is 0 Å². The molecule has 0 aliphatic heterocycles. The third kappa shape index (κ3) is 3.81. The summed E-state index contributed by atoms with van der Waals surface area (Å²) in [4.78, 5) is 0. The minimum Gasteiger partial charge on any atom is -0.491 e. The van der Waals surface area contributed by atoms with E-state index in [1.807, 2.05) is 24.3 Å². The highest BCUT2D eigenvalue weighted by Crippen LogP contribution is 2.20. The lowest BCUT2D eigenvalue weighted by Gasteiger charge is -2.14. The molecule has 0 aliphatic rings. The molecule has 0 amide bonds. The summed E-state index contributed by atoms with van der Waals surface area (Å²) < 4.78 is 15.6. The Bertz CT molecular complexity index is 290. The Morgan fingerprint density at radius 1 is 1.12 bits per heavy atom. The number of methoxy groups -OCH3 is 2. The third-order valence-corrected chi connectivity index (χ3v) is 2.07. The lowest BCUT2D eigenvalue weighted by molar-refractivity contribution is -0.106. The summed E-state index contributed by atoms with van der Waals surface area (Å²) >= 11 is 0. The largest absolute Gasteiger partial charge is 0.491 e. The normalized spacial score (nSPS) is 12.8. The van der Waals surface area contributed by atoms with E-state index in [0.717, 1.165) is 11.3 Å². The molecule has 4 heteroatoms. The molecule has 1 N–H and O–H groups in total. The van der Waals surface area contributed by atoms with Crippen LogP contribution in [0.4, 0.5) is 0 Å². The molecular formula is C12H18O4. The van der Waals surface area contributed by atoms with Gasteiger partial charge in [0, 0.05) is 19.8 Å². The number of aliphatic hydroxyl groups excluding tert-OH is 1. The van der Waals surface area contributed by atoms with E-state index < -0.39 is 6.10 Å². The summed E-state index contributed by atoms with van der Waals surface area (Å²) in [5.41, 5.74) is 0.925. The molecule has 0 heterocycles. The molecule has 0 fully saturated rings. The molecule has 0 aromatic heterocycles. The smallest absolute Gasteiger partial charge is 0.183 e. The van der Waals surface area contributed by atoms with Crippen molar-refractivity contribution in [2.24, 2.45) is 0 Å². The van der Waals surface area contributed by atoms with Gasteiger partial charge in [-0.3, -0.25) is 0 Å². The maximum atomic E-state index is 9.07. The van der Waals surface area contributed by atoms with Crippen molar-refractivity contribution < 1.29 is 19.3 Å². The van der Waals surface area contributed by atoms with Crippen molar-refractivity contribution in [2.75, 3.05) is 20.8 Å². The molecule has 16 heavy (non-hydrogen) atoms. The minimum atomic E-state index is -0.467. The summed E-state index contributed by atoms with van der Waals surface area (Å²) in [5, 5.41) is 9.07. The maximum Gasteiger partial charge on any atom is 0.183 e. The van der Waals surface area contributed by atoms with E-state index >= 15 is 0 Å². The second-order valence-corrected chi connectivity index (χ2v) is 3.53. The minimum absolute atomic E-state index is 0.289. The SMILES string of the molecule is COC(OC)c1ccc(OCC(C)O)cc1. The number of rotatable bonds is 6. The third-order valence-electron chi connectivity index (χ3n) is 2.07. The van der Waals surface area contributed by atoms with Crippen LogP contribution in [-0.4, -0.2) is 32.0 Å². The Hall–Kier alpha value is -1.10. The Kier molecular flexibility index (Phi) is 5.25. The van der Waals surface area contributed by atoms with Gasteiger partial charge in [0.05, 0.1) is 6.10 Å². The van der Waals surface area contributed by atoms with Crippen molar-refractivity contribution in [3.05, 3.63) is 29.8 Å². The summed E-state index contributed by atoms with van der Waals surface area (Å²) in [5.74, 6) is 0.718. The zero-order chi connectivity index (χ0) is 12.0. The van der Waals surface area contributed by atoms with Crippen molar-refractivity contribution in [1.82, 2.24) is 0 Å². The van der Waals surface area contributed by atoms with Gasteiger partial charge in [0.1, 0.15) is 12.4 Å². The van der Waals surface area contributed by atoms with Gasteiger partial charge in [-0.25, -0.2) is 0 Å². The average Bonchev–Trinajstić information content (AvgIpc) is 2.29. The maximum absolute atomic E-state index is 9.07. The Morgan fingerprint density at radius 2 is 1.69 bits per heavy atom. The molecule has 1 unspecified atom stereocenters. The van der Waals surface area contributed by atoms with E-state index in [1.54, 1.807) is 21.1 Å². The van der Waals surface area contributed by atoms with Gasteiger partial charge in [-0.1, -0.05) is 12.1 Å². The van der Waals surface area contributed by atoms with Crippen LogP contribution in [0.2, 0.25) is 0 Å². The van der Waals surface area contributed by atoms with Crippen LogP contribution in [0.5, 0.6) is 5.75 Å². The van der Waals surface area contributed by atoms with E-state index in [-0.39, 0.29) is 12.9 Å². The molecule has 0 bridgehead atoms. The van der Waals surface area contributed by atoms with Crippen molar-refractivity contribution in [2.45, 2.75) is 19.3 Å². The van der Waals surface area contributed by atoms with Gasteiger partial charge in [-0.05, 0) is 19.1 Å². The summed E-state index contributed by atoms with van der Waals surface area (Å²) in [6.45, 7) is 1.97. The highest BCUT2D eigenvalue weighted by molar-refractivity contribution is 5.27. The van der Waals surface area contributed by atoms with Crippen LogP contribution in [0.15, 0.2) is 24.3 Å². The molecule has 0 aliphatic carbocycles. The summed E-state index contributed by atoms with van der Waals surface area (Å²) in [6.07, 6.45) is -0.823. The fraction of sp³-hybridized carbons (Fsp3) is 0.500. The second kappa shape index (κ2) is 6.48. The molecule has 90 valence electrons. The lowest BCUT2D eigenvalue weighted by atomic mass is 10.2. The zero-order valence-electron chi connectivity index (χ0n) is 9.84. The highest BCUT2D eigenvalue weighted by atomic mass is 16.7. The first-order valence-corrected chi connectivity index (χ1v) is 5.13. The predicted octanol–water partition coefficient (Wildman–Crippen LogP) is 1.74. The van der Waals surface area contributed by atoms with Crippen LogP contribution < -0.4 is 4.74 Å². The molecule has 0 saturated carbocycles. The second-order valence-electron chi connectivity index (χ2n) is 3.53. The standard InChI is InChI=1S/C12H18O4/c1-9(13)8-16-11-6-4-10(5-7-11)12(14-2)15-3/h4-7,9,12-13H,8H2,1-3H3. The molecular weight excluding hydrogens is 208 g/mol. The van der Waals surface area contributed by atoms with Gasteiger partial charge in [-0.15, -0.1) is 0 Å². The predicted molar refractivity (Wildman–Crippen MR) is 60.4 cm³/mol. The average molecular weight is 226 g/mol. The fourth-order valence-electron chi connectivity index (χ4n) is 1.31. The Morgan fingerprint density at radius 3 is 2.12 bits per heavy atom. The zero-order valence-corrected chi connectivity index (χ0v) is 9.84. The number of aliphatic hydroxyl groups is 1. The Balaban J connectivity index is 2.60. The van der Waals surface area contributed by atoms with E-state index in [9.17, 15) is 0 Å². The van der Waals surface area contributed by atoms with Gasteiger partial charge in [0.15, 0.2) is 6.29 Å². The summed E-state index contributed by atoms with van der Waals surface area (Å²) in [6, 6.07) is 7.38. The highest BCUT2D eigenvalue weighted by Gasteiger charge is 2.08. The van der Waals surface area contributed by atoms with E-state index in [2.05, 4.69) is 0 Å². The van der Waals surface area contributed by atoms with Crippen LogP contribution in [-0.2, 0) is 9.47 Å². The topological polar surface area (TPSA) is 47.9 Å². The summed E-state index contributed by atoms with van der Waals surface area (Å²) in [7, 11) is 3.18. The molecule has 1 rings (SSSR count). The first-order chi connectivity index (χ1) is 7.67. The van der Waals surface area contributed by atoms with E-state index in [4.69, 9.17) is 19.3 Å². The number of ether oxygens (including phenoxy) is 3. The Labute approximate surface area is 95.8 Å². The number of hydrogen-bond acceptors (Lipinski definition) is 4. The van der Waals surface area contributed by atoms with Gasteiger partial charge in [0.2, 0.25) is 0 Å². The van der Waals surface area contributed by atoms with Gasteiger partial charge < -0.3 is 19.3 Å². The van der Waals surface area contributed by atoms with Gasteiger partial charge >= 0.3 is 0 Å². The van der Waals surface area contributed by atoms with Crippen LogP contribution in [0.1, 0.15) is 18.8 Å². The van der Waals surface area contributed by atoms with Crippen LogP contribution >= 0.6 is 0 Å². The van der Waals surface area contributed by atoms with Crippen molar-refractivity contribution in [3.63, 3.8) is 0 Å². The van der Waals surface area contributed by atoms with Crippen molar-refractivity contribution >= 4 is 0 Å². The van der Waals surface area contributed by atoms with Crippen LogP contribution in [0, 0.1) is 0 Å². The van der Waals surface area contributed by atoms with Crippen molar-refractivity contribution in [3.8, 4) is 5.75 Å². The number of benzene rings is 1. The van der Waals surface area contributed by atoms with Gasteiger partial charge in [0.25, 0.3) is 0 Å². The van der Waals surface area contributed by atoms with Crippen molar-refractivity contribution in [1.29, 1.82) is 0 Å². The van der Waals surface area contributed by atoms with Crippen LogP contribution in [0.25, 0.3) is 0 Å². The lowest BCUT2D eigenvalue weighted by Crippen LogP contribution is -2.12. The monoisotopic (exact) mass is 226 g/mol. The first-order valence-electron chi connectivity index (χ1n) is 5.13.